The maximum Gasteiger partial charge on any atom is 0.363 e. The van der Waals surface area contributed by atoms with Crippen molar-refractivity contribution < 1.29 is 23.9 Å². The smallest absolute Gasteiger partial charge is 0.363 e. The predicted molar refractivity (Wildman–Crippen MR) is 137 cm³/mol. The van der Waals surface area contributed by atoms with Gasteiger partial charge >= 0.3 is 5.97 Å². The van der Waals surface area contributed by atoms with Crippen molar-refractivity contribution in [1.82, 2.24) is 0 Å². The van der Waals surface area contributed by atoms with Gasteiger partial charge in [-0.2, -0.15) is 0 Å². The molecule has 0 aliphatic carbocycles. The van der Waals surface area contributed by atoms with Crippen LogP contribution in [0.5, 0.6) is 11.5 Å². The van der Waals surface area contributed by atoms with Gasteiger partial charge in [0.15, 0.2) is 17.2 Å². The number of rotatable bonds is 8. The molecule has 0 N–H and O–H groups in total. The molecular formula is C26H20Cl2N2O6. The number of aryl methyl sites for hydroxylation is 1. The van der Waals surface area contributed by atoms with E-state index in [1.807, 2.05) is 38.1 Å². The molecule has 3 aromatic rings. The molecule has 0 amide bonds. The number of nitro groups is 1. The highest BCUT2D eigenvalue weighted by molar-refractivity contribution is 6.34. The molecule has 0 bridgehead atoms. The molecule has 184 valence electrons. The van der Waals surface area contributed by atoms with Crippen LogP contribution in [0.2, 0.25) is 10.0 Å². The maximum atomic E-state index is 12.5. The van der Waals surface area contributed by atoms with Gasteiger partial charge in [0, 0.05) is 12.1 Å². The third kappa shape index (κ3) is 5.50. The summed E-state index contributed by atoms with van der Waals surface area (Å²) in [7, 11) is 0. The summed E-state index contributed by atoms with van der Waals surface area (Å²) < 4.78 is 16.9. The normalized spacial score (nSPS) is 13.9. The second-order valence-corrected chi connectivity index (χ2v) is 8.55. The van der Waals surface area contributed by atoms with Crippen molar-refractivity contribution in [2.45, 2.75) is 20.5 Å². The van der Waals surface area contributed by atoms with E-state index in [1.165, 1.54) is 24.3 Å². The number of nitrogens with zero attached hydrogens (tertiary/aromatic N) is 2. The highest BCUT2D eigenvalue weighted by Crippen LogP contribution is 2.38. The number of nitro benzene ring substituents is 1. The third-order valence-electron chi connectivity index (χ3n) is 5.28. The molecule has 0 aromatic heterocycles. The van der Waals surface area contributed by atoms with E-state index in [4.69, 9.17) is 37.4 Å². The summed E-state index contributed by atoms with van der Waals surface area (Å²) in [5.74, 6) is -0.0796. The molecule has 0 radical (unpaired) electrons. The largest absolute Gasteiger partial charge is 0.490 e. The Kier molecular flexibility index (Phi) is 7.57. The van der Waals surface area contributed by atoms with Gasteiger partial charge in [-0.3, -0.25) is 10.1 Å². The lowest BCUT2D eigenvalue weighted by atomic mass is 10.1. The number of hydrogen-bond donors (Lipinski definition) is 0. The van der Waals surface area contributed by atoms with Crippen LogP contribution in [0.3, 0.4) is 0 Å². The standard InChI is InChI=1S/C26H20Cl2N2O6/c1-3-34-23-12-16(10-21(28)24(23)35-14-17-7-5-4-6-15(17)2)11-22-26(31)36-25(29-22)19-13-18(30(32)33)8-9-20(19)27/h4-13H,3,14H2,1-2H3/b22-11-. The van der Waals surface area contributed by atoms with Crippen LogP contribution in [-0.2, 0) is 16.1 Å². The zero-order chi connectivity index (χ0) is 25.8. The van der Waals surface area contributed by atoms with E-state index in [1.54, 1.807) is 12.1 Å². The molecule has 0 unspecified atom stereocenters. The molecule has 0 saturated heterocycles. The molecule has 1 aliphatic rings. The number of benzene rings is 3. The number of non-ortho nitro benzene ring substituents is 1. The number of carbonyl (C=O) groups excluding carboxylic acids is 1. The molecule has 8 nitrogen and oxygen atoms in total. The average Bonchev–Trinajstić information content (AvgIpc) is 3.19. The first-order valence-electron chi connectivity index (χ1n) is 10.9. The summed E-state index contributed by atoms with van der Waals surface area (Å²) in [6, 6.07) is 14.9. The van der Waals surface area contributed by atoms with Gasteiger partial charge in [0.05, 0.1) is 27.1 Å². The Bertz CT molecular complexity index is 1420. The Morgan fingerprint density at radius 2 is 1.86 bits per heavy atom. The Morgan fingerprint density at radius 1 is 1.08 bits per heavy atom. The number of carbonyl (C=O) groups is 1. The molecule has 1 aliphatic heterocycles. The monoisotopic (exact) mass is 526 g/mol. The van der Waals surface area contributed by atoms with Gasteiger partial charge in [0.1, 0.15) is 6.61 Å². The zero-order valence-electron chi connectivity index (χ0n) is 19.3. The lowest BCUT2D eigenvalue weighted by Crippen LogP contribution is -2.06. The number of aliphatic imine (C=N–C) groups is 1. The van der Waals surface area contributed by atoms with Crippen LogP contribution in [-0.4, -0.2) is 23.4 Å². The quantitative estimate of drug-likeness (QED) is 0.143. The summed E-state index contributed by atoms with van der Waals surface area (Å²) >= 11 is 12.7. The fourth-order valence-electron chi connectivity index (χ4n) is 3.47. The Morgan fingerprint density at radius 3 is 2.58 bits per heavy atom. The van der Waals surface area contributed by atoms with Crippen LogP contribution in [0.15, 0.2) is 65.3 Å². The van der Waals surface area contributed by atoms with E-state index in [9.17, 15) is 14.9 Å². The van der Waals surface area contributed by atoms with Crippen molar-refractivity contribution in [2.75, 3.05) is 6.61 Å². The van der Waals surface area contributed by atoms with Gasteiger partial charge in [-0.25, -0.2) is 9.79 Å². The Balaban J connectivity index is 1.65. The van der Waals surface area contributed by atoms with Gasteiger partial charge in [0.25, 0.3) is 5.69 Å². The number of esters is 1. The zero-order valence-corrected chi connectivity index (χ0v) is 20.8. The lowest BCUT2D eigenvalue weighted by Gasteiger charge is -2.15. The summed E-state index contributed by atoms with van der Waals surface area (Å²) in [5.41, 5.74) is 2.52. The van der Waals surface area contributed by atoms with Crippen molar-refractivity contribution in [3.05, 3.63) is 103 Å². The van der Waals surface area contributed by atoms with E-state index >= 15 is 0 Å². The fraction of sp³-hybridized carbons (Fsp3) is 0.154. The van der Waals surface area contributed by atoms with Gasteiger partial charge in [-0.15, -0.1) is 0 Å². The maximum absolute atomic E-state index is 12.5. The van der Waals surface area contributed by atoms with Gasteiger partial charge < -0.3 is 14.2 Å². The first kappa shape index (κ1) is 25.2. The van der Waals surface area contributed by atoms with Crippen LogP contribution in [0.4, 0.5) is 5.69 Å². The predicted octanol–water partition coefficient (Wildman–Crippen LogP) is 6.53. The second-order valence-electron chi connectivity index (χ2n) is 7.74. The summed E-state index contributed by atoms with van der Waals surface area (Å²) in [6.07, 6.45) is 1.47. The molecule has 0 spiro atoms. The minimum atomic E-state index is -0.735. The van der Waals surface area contributed by atoms with Gasteiger partial charge in [-0.05, 0) is 54.8 Å². The number of hydrogen-bond acceptors (Lipinski definition) is 7. The first-order valence-corrected chi connectivity index (χ1v) is 11.6. The number of ether oxygens (including phenoxy) is 3. The molecule has 3 aromatic carbocycles. The molecule has 0 fully saturated rings. The molecule has 0 atom stereocenters. The molecular weight excluding hydrogens is 507 g/mol. The van der Waals surface area contributed by atoms with Crippen molar-refractivity contribution in [1.29, 1.82) is 0 Å². The number of cyclic esters (lactones) is 1. The summed E-state index contributed by atoms with van der Waals surface area (Å²) in [5, 5.41) is 11.6. The Hall–Kier alpha value is -3.88. The van der Waals surface area contributed by atoms with E-state index in [0.717, 1.165) is 11.1 Å². The summed E-state index contributed by atoms with van der Waals surface area (Å²) in [4.78, 5) is 27.2. The molecule has 1 heterocycles. The van der Waals surface area contributed by atoms with Crippen LogP contribution < -0.4 is 9.47 Å². The fourth-order valence-corrected chi connectivity index (χ4v) is 3.94. The molecule has 36 heavy (non-hydrogen) atoms. The molecule has 10 heteroatoms. The van der Waals surface area contributed by atoms with Crippen molar-refractivity contribution in [3.63, 3.8) is 0 Å². The number of halogens is 2. The van der Waals surface area contributed by atoms with E-state index in [2.05, 4.69) is 4.99 Å². The van der Waals surface area contributed by atoms with E-state index in [-0.39, 0.29) is 27.9 Å². The second kappa shape index (κ2) is 10.8. The third-order valence-corrected chi connectivity index (χ3v) is 5.89. The van der Waals surface area contributed by atoms with Crippen molar-refractivity contribution in [2.24, 2.45) is 4.99 Å². The van der Waals surface area contributed by atoms with Crippen LogP contribution in [0.1, 0.15) is 29.2 Å². The average molecular weight is 527 g/mol. The first-order chi connectivity index (χ1) is 17.3. The Labute approximate surface area is 216 Å². The minimum absolute atomic E-state index is 0.0281. The summed E-state index contributed by atoms with van der Waals surface area (Å²) in [6.45, 7) is 4.50. The van der Waals surface area contributed by atoms with Crippen molar-refractivity contribution in [3.8, 4) is 11.5 Å². The highest BCUT2D eigenvalue weighted by Gasteiger charge is 2.27. The minimum Gasteiger partial charge on any atom is -0.490 e. The highest BCUT2D eigenvalue weighted by atomic mass is 35.5. The van der Waals surface area contributed by atoms with Crippen LogP contribution in [0.25, 0.3) is 6.08 Å². The van der Waals surface area contributed by atoms with Crippen molar-refractivity contribution >= 4 is 46.8 Å². The van der Waals surface area contributed by atoms with Gasteiger partial charge in [0.2, 0.25) is 5.90 Å². The molecule has 0 saturated carbocycles. The van der Waals surface area contributed by atoms with Crippen LogP contribution >= 0.6 is 23.2 Å². The lowest BCUT2D eigenvalue weighted by molar-refractivity contribution is -0.384. The topological polar surface area (TPSA) is 100 Å². The molecule has 4 rings (SSSR count). The van der Waals surface area contributed by atoms with E-state index in [0.29, 0.717) is 35.3 Å². The van der Waals surface area contributed by atoms with E-state index < -0.39 is 10.9 Å². The SMILES string of the molecule is CCOc1cc(/C=C2\N=C(c3cc([N+](=O)[O-])ccc3Cl)OC2=O)cc(Cl)c1OCc1ccccc1C. The van der Waals surface area contributed by atoms with Crippen LogP contribution in [0, 0.1) is 17.0 Å². The van der Waals surface area contributed by atoms with Gasteiger partial charge in [-0.1, -0.05) is 47.5 Å².